The first kappa shape index (κ1) is 23.4. The zero-order valence-corrected chi connectivity index (χ0v) is 18.5. The van der Waals surface area contributed by atoms with Crippen LogP contribution in [-0.2, 0) is 16.0 Å². The second-order valence-corrected chi connectivity index (χ2v) is 7.03. The van der Waals surface area contributed by atoms with Crippen LogP contribution in [0.25, 0.3) is 0 Å². The maximum Gasteiger partial charge on any atom is 0.354 e. The van der Waals surface area contributed by atoms with Gasteiger partial charge in [0, 0.05) is 38.1 Å². The molecule has 2 aromatic heterocycles. The number of ketones is 1. The second kappa shape index (κ2) is 10.2. The first-order valence-electron chi connectivity index (χ1n) is 9.95. The second-order valence-electron chi connectivity index (χ2n) is 7.03. The van der Waals surface area contributed by atoms with Crippen molar-refractivity contribution in [2.75, 3.05) is 27.4 Å². The van der Waals surface area contributed by atoms with Crippen LogP contribution in [-0.4, -0.2) is 60.5 Å². The number of methoxy groups -OCH3 is 2. The summed E-state index contributed by atoms with van der Waals surface area (Å²) in [5, 5.41) is 0. The van der Waals surface area contributed by atoms with Gasteiger partial charge in [0.05, 0.1) is 19.4 Å². The summed E-state index contributed by atoms with van der Waals surface area (Å²) < 4.78 is 17.0. The van der Waals surface area contributed by atoms with E-state index in [2.05, 4.69) is 0 Å². The number of hydrogen-bond donors (Lipinski definition) is 0. The van der Waals surface area contributed by atoms with Crippen molar-refractivity contribution in [2.24, 2.45) is 0 Å². The SMILES string of the molecule is CCn1c(C)c(C(=O)C(C)N(CCCOC)C(=O)c2ccco2)c(C)c1C(=O)OC. The molecule has 1 unspecified atom stereocenters. The highest BCUT2D eigenvalue weighted by molar-refractivity contribution is 6.07. The first-order valence-corrected chi connectivity index (χ1v) is 9.95. The lowest BCUT2D eigenvalue weighted by Crippen LogP contribution is -2.44. The van der Waals surface area contributed by atoms with Crippen molar-refractivity contribution in [2.45, 2.75) is 46.7 Å². The van der Waals surface area contributed by atoms with Crippen molar-refractivity contribution in [3.63, 3.8) is 0 Å². The number of aromatic nitrogens is 1. The number of carbonyl (C=O) groups excluding carboxylic acids is 3. The molecule has 0 saturated carbocycles. The van der Waals surface area contributed by atoms with E-state index < -0.39 is 12.0 Å². The van der Waals surface area contributed by atoms with Crippen LogP contribution in [0.3, 0.4) is 0 Å². The molecular weight excluding hydrogens is 388 g/mol. The third kappa shape index (κ3) is 4.48. The highest BCUT2D eigenvalue weighted by atomic mass is 16.5. The number of rotatable bonds is 10. The van der Waals surface area contributed by atoms with Crippen molar-refractivity contribution in [3.8, 4) is 0 Å². The highest BCUT2D eigenvalue weighted by Gasteiger charge is 2.33. The molecule has 2 aromatic rings. The third-order valence-corrected chi connectivity index (χ3v) is 5.30. The van der Waals surface area contributed by atoms with Gasteiger partial charge in [0.25, 0.3) is 5.91 Å². The lowest BCUT2D eigenvalue weighted by Gasteiger charge is -2.28. The molecule has 8 heteroatoms. The third-order valence-electron chi connectivity index (χ3n) is 5.30. The Balaban J connectivity index is 2.44. The molecule has 0 spiro atoms. The Labute approximate surface area is 176 Å². The average molecular weight is 418 g/mol. The van der Waals surface area contributed by atoms with Crippen LogP contribution in [0.5, 0.6) is 0 Å². The maximum atomic E-state index is 13.5. The number of furan rings is 1. The minimum absolute atomic E-state index is 0.168. The fraction of sp³-hybridized carbons (Fsp3) is 0.500. The van der Waals surface area contributed by atoms with Gasteiger partial charge in [0.1, 0.15) is 5.69 Å². The zero-order chi connectivity index (χ0) is 22.4. The number of esters is 1. The Morgan fingerprint density at radius 1 is 1.23 bits per heavy atom. The normalized spacial score (nSPS) is 11.9. The summed E-state index contributed by atoms with van der Waals surface area (Å²) in [6, 6.07) is 2.45. The summed E-state index contributed by atoms with van der Waals surface area (Å²) in [4.78, 5) is 40.3. The van der Waals surface area contributed by atoms with Gasteiger partial charge in [0.2, 0.25) is 0 Å². The largest absolute Gasteiger partial charge is 0.464 e. The van der Waals surface area contributed by atoms with Crippen LogP contribution >= 0.6 is 0 Å². The van der Waals surface area contributed by atoms with E-state index in [1.165, 1.54) is 18.3 Å². The molecule has 0 aliphatic heterocycles. The summed E-state index contributed by atoms with van der Waals surface area (Å²) >= 11 is 0. The molecule has 0 fully saturated rings. The smallest absolute Gasteiger partial charge is 0.354 e. The van der Waals surface area contributed by atoms with Gasteiger partial charge in [-0.05, 0) is 51.8 Å². The van der Waals surface area contributed by atoms with Crippen LogP contribution in [0.4, 0.5) is 0 Å². The Kier molecular flexibility index (Phi) is 8.00. The van der Waals surface area contributed by atoms with Crippen LogP contribution in [0, 0.1) is 13.8 Å². The summed E-state index contributed by atoms with van der Waals surface area (Å²) in [6.07, 6.45) is 1.99. The van der Waals surface area contributed by atoms with Gasteiger partial charge in [-0.2, -0.15) is 0 Å². The molecule has 2 rings (SSSR count). The molecule has 1 atom stereocenters. The lowest BCUT2D eigenvalue weighted by atomic mass is 9.99. The van der Waals surface area contributed by atoms with Crippen LogP contribution in [0.15, 0.2) is 22.8 Å². The van der Waals surface area contributed by atoms with Gasteiger partial charge >= 0.3 is 5.97 Å². The highest BCUT2D eigenvalue weighted by Crippen LogP contribution is 2.26. The Hall–Kier alpha value is -2.87. The van der Waals surface area contributed by atoms with E-state index >= 15 is 0 Å². The van der Waals surface area contributed by atoms with E-state index in [1.54, 1.807) is 44.6 Å². The minimum atomic E-state index is -0.755. The number of ether oxygens (including phenoxy) is 2. The summed E-state index contributed by atoms with van der Waals surface area (Å²) in [6.45, 7) is 8.42. The molecule has 0 aromatic carbocycles. The fourth-order valence-electron chi connectivity index (χ4n) is 3.76. The number of Topliss-reactive ketones (excluding diaryl/α,β-unsaturated/α-hetero) is 1. The summed E-state index contributed by atoms with van der Waals surface area (Å²) in [5.41, 5.74) is 2.03. The predicted molar refractivity (Wildman–Crippen MR) is 111 cm³/mol. The molecule has 30 heavy (non-hydrogen) atoms. The van der Waals surface area contributed by atoms with Gasteiger partial charge in [0.15, 0.2) is 11.5 Å². The van der Waals surface area contributed by atoms with E-state index in [0.29, 0.717) is 48.6 Å². The first-order chi connectivity index (χ1) is 14.3. The topological polar surface area (TPSA) is 91.0 Å². The molecule has 0 saturated heterocycles. The molecule has 0 N–H and O–H groups in total. The lowest BCUT2D eigenvalue weighted by molar-refractivity contribution is 0.0578. The quantitative estimate of drug-likeness (QED) is 0.334. The van der Waals surface area contributed by atoms with Crippen LogP contribution in [0.2, 0.25) is 0 Å². The van der Waals surface area contributed by atoms with Crippen molar-refractivity contribution in [1.29, 1.82) is 0 Å². The molecule has 8 nitrogen and oxygen atoms in total. The van der Waals surface area contributed by atoms with Crippen molar-refractivity contribution >= 4 is 17.7 Å². The Morgan fingerprint density at radius 3 is 2.47 bits per heavy atom. The van der Waals surface area contributed by atoms with Gasteiger partial charge in [-0.1, -0.05) is 0 Å². The standard InChI is InChI=1S/C22H30N2O6/c1-7-23-15(3)18(14(2)19(23)22(27)29-6)20(25)16(4)24(11-9-12-28-5)21(26)17-10-8-13-30-17/h8,10,13,16H,7,9,11-12H2,1-6H3. The molecule has 0 aliphatic rings. The number of carbonyl (C=O) groups is 3. The zero-order valence-electron chi connectivity index (χ0n) is 18.5. The van der Waals surface area contributed by atoms with Gasteiger partial charge < -0.3 is 23.4 Å². The van der Waals surface area contributed by atoms with E-state index in [1.807, 2.05) is 6.92 Å². The number of hydrogen-bond acceptors (Lipinski definition) is 6. The Bertz CT molecular complexity index is 897. The van der Waals surface area contributed by atoms with Crippen molar-refractivity contribution < 1.29 is 28.3 Å². The van der Waals surface area contributed by atoms with Crippen molar-refractivity contribution in [1.82, 2.24) is 9.47 Å². The molecule has 0 aliphatic carbocycles. The Morgan fingerprint density at radius 2 is 1.93 bits per heavy atom. The van der Waals surface area contributed by atoms with Gasteiger partial charge in [-0.25, -0.2) is 4.79 Å². The molecule has 2 heterocycles. The number of nitrogens with zero attached hydrogens (tertiary/aromatic N) is 2. The minimum Gasteiger partial charge on any atom is -0.464 e. The van der Waals surface area contributed by atoms with E-state index in [4.69, 9.17) is 13.9 Å². The van der Waals surface area contributed by atoms with Crippen LogP contribution < -0.4 is 0 Å². The summed E-state index contributed by atoms with van der Waals surface area (Å²) in [7, 11) is 2.90. The average Bonchev–Trinajstić information content (AvgIpc) is 3.35. The fourth-order valence-corrected chi connectivity index (χ4v) is 3.76. The van der Waals surface area contributed by atoms with E-state index in [9.17, 15) is 14.4 Å². The summed E-state index contributed by atoms with van der Waals surface area (Å²) in [5.74, 6) is -0.926. The number of amides is 1. The van der Waals surface area contributed by atoms with Crippen LogP contribution in [0.1, 0.15) is 62.9 Å². The molecular formula is C22H30N2O6. The molecule has 1 amide bonds. The molecule has 0 radical (unpaired) electrons. The monoisotopic (exact) mass is 418 g/mol. The predicted octanol–water partition coefficient (Wildman–Crippen LogP) is 3.25. The van der Waals surface area contributed by atoms with Gasteiger partial charge in [-0.3, -0.25) is 9.59 Å². The molecule has 164 valence electrons. The van der Waals surface area contributed by atoms with Crippen molar-refractivity contribution in [3.05, 3.63) is 46.7 Å². The van der Waals surface area contributed by atoms with E-state index in [-0.39, 0.29) is 17.5 Å². The maximum absolute atomic E-state index is 13.5. The van der Waals surface area contributed by atoms with E-state index in [0.717, 1.165) is 0 Å². The molecule has 0 bridgehead atoms. The van der Waals surface area contributed by atoms with Gasteiger partial charge in [-0.15, -0.1) is 0 Å².